The summed E-state index contributed by atoms with van der Waals surface area (Å²) in [5.41, 5.74) is 2.42. The van der Waals surface area contributed by atoms with Crippen LogP contribution in [0.3, 0.4) is 0 Å². The molecule has 3 heterocycles. The lowest BCUT2D eigenvalue weighted by Crippen LogP contribution is -2.50. The van der Waals surface area contributed by atoms with Crippen LogP contribution < -0.4 is 10.1 Å². The number of ether oxygens (including phenoxy) is 1. The fourth-order valence-corrected chi connectivity index (χ4v) is 5.26. The molecule has 0 atom stereocenters. The number of hydrogen-bond donors (Lipinski definition) is 2. The van der Waals surface area contributed by atoms with Gasteiger partial charge in [0.1, 0.15) is 18.1 Å². The summed E-state index contributed by atoms with van der Waals surface area (Å²) in [6.45, 7) is 2.15. The topological polar surface area (TPSA) is 87.3 Å². The molecule has 1 aromatic carbocycles. The number of aromatic nitrogens is 2. The number of nitrogens with one attached hydrogen (secondary N) is 2. The number of piperidine rings is 1. The molecule has 1 saturated heterocycles. The first-order valence-electron chi connectivity index (χ1n) is 12.5. The smallest absolute Gasteiger partial charge is 0.274 e. The average molecular weight is 451 g/mol. The molecule has 1 spiro atoms. The lowest BCUT2D eigenvalue weighted by molar-refractivity contribution is -0.134. The number of H-pyrrole nitrogens is 1. The van der Waals surface area contributed by atoms with Gasteiger partial charge in [0.25, 0.3) is 5.91 Å². The SMILES string of the molecule is O=C(c1cc(C2CC2)[nH]n1)N1CCC2(CCCCCc3ccccc3OCCNC2=O)CC1. The number of rotatable bonds is 2. The van der Waals surface area contributed by atoms with Crippen LogP contribution in [0, 0.1) is 5.41 Å². The molecule has 2 aliphatic heterocycles. The van der Waals surface area contributed by atoms with E-state index in [1.165, 1.54) is 18.4 Å². The molecule has 0 radical (unpaired) electrons. The Bertz CT molecular complexity index is 989. The van der Waals surface area contributed by atoms with E-state index in [1.54, 1.807) is 0 Å². The van der Waals surface area contributed by atoms with Crippen LogP contribution in [0.5, 0.6) is 5.75 Å². The Morgan fingerprint density at radius 3 is 2.73 bits per heavy atom. The maximum atomic E-state index is 13.3. The lowest BCUT2D eigenvalue weighted by Gasteiger charge is -2.40. The van der Waals surface area contributed by atoms with Crippen LogP contribution in [-0.2, 0) is 11.2 Å². The van der Waals surface area contributed by atoms with Crippen molar-refractivity contribution < 1.29 is 14.3 Å². The Labute approximate surface area is 195 Å². The molecule has 1 aromatic heterocycles. The van der Waals surface area contributed by atoms with Crippen LogP contribution in [0.4, 0.5) is 0 Å². The van der Waals surface area contributed by atoms with Crippen molar-refractivity contribution in [1.82, 2.24) is 20.4 Å². The summed E-state index contributed by atoms with van der Waals surface area (Å²) in [6.07, 6.45) is 8.82. The third-order valence-corrected chi connectivity index (χ3v) is 7.54. The third kappa shape index (κ3) is 4.92. The highest BCUT2D eigenvalue weighted by molar-refractivity contribution is 5.93. The zero-order valence-electron chi connectivity index (χ0n) is 19.3. The van der Waals surface area contributed by atoms with E-state index in [9.17, 15) is 9.59 Å². The molecule has 7 heteroatoms. The monoisotopic (exact) mass is 450 g/mol. The maximum absolute atomic E-state index is 13.3. The fourth-order valence-electron chi connectivity index (χ4n) is 5.26. The van der Waals surface area contributed by atoms with Crippen LogP contribution >= 0.6 is 0 Å². The number of amides is 2. The summed E-state index contributed by atoms with van der Waals surface area (Å²) in [6, 6.07) is 10.1. The molecule has 2 N–H and O–H groups in total. The predicted molar refractivity (Wildman–Crippen MR) is 125 cm³/mol. The van der Waals surface area contributed by atoms with E-state index in [-0.39, 0.29) is 11.8 Å². The standard InChI is InChI=1S/C26H34N4O3/c31-24(22-18-21(28-29-22)19-9-10-19)30-15-12-26(13-16-30)11-5-1-2-6-20-7-3-4-8-23(20)33-17-14-27-25(26)32/h3-4,7-8,18-19H,1-2,5-6,9-17H2,(H,27,32)(H,28,29). The Balaban J connectivity index is 1.21. The number of nitrogens with zero attached hydrogens (tertiary/aromatic N) is 2. The molecule has 2 fully saturated rings. The first-order valence-corrected chi connectivity index (χ1v) is 12.5. The van der Waals surface area contributed by atoms with Crippen molar-refractivity contribution in [3.63, 3.8) is 0 Å². The van der Waals surface area contributed by atoms with E-state index in [1.807, 2.05) is 23.1 Å². The molecular weight excluding hydrogens is 416 g/mol. The van der Waals surface area contributed by atoms with Gasteiger partial charge in [-0.1, -0.05) is 31.0 Å². The molecule has 1 saturated carbocycles. The number of fused-ring (bicyclic) bond motifs is 1. The summed E-state index contributed by atoms with van der Waals surface area (Å²) in [4.78, 5) is 28.1. The summed E-state index contributed by atoms with van der Waals surface area (Å²) in [5, 5.41) is 10.4. The van der Waals surface area contributed by atoms with E-state index in [0.29, 0.717) is 50.7 Å². The molecule has 33 heavy (non-hydrogen) atoms. The number of para-hydroxylation sites is 1. The minimum absolute atomic E-state index is 0.0239. The van der Waals surface area contributed by atoms with E-state index < -0.39 is 5.41 Å². The van der Waals surface area contributed by atoms with E-state index >= 15 is 0 Å². The van der Waals surface area contributed by atoms with Crippen molar-refractivity contribution in [3.8, 4) is 5.75 Å². The minimum Gasteiger partial charge on any atom is -0.491 e. The van der Waals surface area contributed by atoms with Gasteiger partial charge in [-0.2, -0.15) is 5.10 Å². The van der Waals surface area contributed by atoms with Gasteiger partial charge in [0.05, 0.1) is 12.0 Å². The summed E-state index contributed by atoms with van der Waals surface area (Å²) in [5.74, 6) is 1.56. The Morgan fingerprint density at radius 2 is 1.91 bits per heavy atom. The molecule has 7 nitrogen and oxygen atoms in total. The molecule has 3 aliphatic rings. The molecule has 2 amide bonds. The van der Waals surface area contributed by atoms with E-state index in [0.717, 1.165) is 43.5 Å². The molecule has 0 bridgehead atoms. The van der Waals surface area contributed by atoms with Crippen molar-refractivity contribution in [2.24, 2.45) is 5.41 Å². The normalized spacial score (nSPS) is 21.7. The third-order valence-electron chi connectivity index (χ3n) is 7.54. The van der Waals surface area contributed by atoms with Crippen LogP contribution in [0.15, 0.2) is 30.3 Å². The largest absolute Gasteiger partial charge is 0.491 e. The molecule has 2 aromatic rings. The predicted octanol–water partition coefficient (Wildman–Crippen LogP) is 3.82. The van der Waals surface area contributed by atoms with Crippen LogP contribution in [-0.4, -0.2) is 53.2 Å². The number of likely N-dealkylation sites (tertiary alicyclic amines) is 1. The van der Waals surface area contributed by atoms with Gasteiger partial charge in [-0.15, -0.1) is 0 Å². The van der Waals surface area contributed by atoms with Crippen LogP contribution in [0.25, 0.3) is 0 Å². The highest BCUT2D eigenvalue weighted by Gasteiger charge is 2.42. The Hall–Kier alpha value is -2.83. The van der Waals surface area contributed by atoms with Crippen molar-refractivity contribution in [3.05, 3.63) is 47.3 Å². The lowest BCUT2D eigenvalue weighted by atomic mass is 9.73. The quantitative estimate of drug-likeness (QED) is 0.728. The first kappa shape index (κ1) is 22.0. The number of carbonyl (C=O) groups is 2. The van der Waals surface area contributed by atoms with Gasteiger partial charge in [-0.3, -0.25) is 14.7 Å². The van der Waals surface area contributed by atoms with Crippen molar-refractivity contribution in [2.45, 2.75) is 63.7 Å². The number of carbonyl (C=O) groups excluding carboxylic acids is 2. The van der Waals surface area contributed by atoms with Gasteiger partial charge < -0.3 is 15.0 Å². The maximum Gasteiger partial charge on any atom is 0.274 e. The fraction of sp³-hybridized carbons (Fsp3) is 0.577. The molecular formula is C26H34N4O3. The Morgan fingerprint density at radius 1 is 1.09 bits per heavy atom. The minimum atomic E-state index is -0.400. The van der Waals surface area contributed by atoms with Crippen LogP contribution in [0.2, 0.25) is 0 Å². The highest BCUT2D eigenvalue weighted by atomic mass is 16.5. The zero-order valence-corrected chi connectivity index (χ0v) is 19.3. The van der Waals surface area contributed by atoms with Crippen molar-refractivity contribution in [2.75, 3.05) is 26.2 Å². The summed E-state index contributed by atoms with van der Waals surface area (Å²) >= 11 is 0. The molecule has 1 aliphatic carbocycles. The number of hydrogen-bond acceptors (Lipinski definition) is 4. The van der Waals surface area contributed by atoms with Crippen molar-refractivity contribution >= 4 is 11.8 Å². The first-order chi connectivity index (χ1) is 16.1. The molecule has 176 valence electrons. The number of aromatic amines is 1. The van der Waals surface area contributed by atoms with E-state index in [4.69, 9.17) is 4.74 Å². The van der Waals surface area contributed by atoms with Gasteiger partial charge in [0, 0.05) is 24.7 Å². The molecule has 5 rings (SSSR count). The zero-order chi connectivity index (χ0) is 22.7. The summed E-state index contributed by atoms with van der Waals surface area (Å²) in [7, 11) is 0. The van der Waals surface area contributed by atoms with Crippen molar-refractivity contribution in [1.29, 1.82) is 0 Å². The summed E-state index contributed by atoms with van der Waals surface area (Å²) < 4.78 is 5.97. The van der Waals surface area contributed by atoms with Gasteiger partial charge in [0.2, 0.25) is 5.91 Å². The molecule has 0 unspecified atom stereocenters. The van der Waals surface area contributed by atoms with Gasteiger partial charge in [-0.25, -0.2) is 0 Å². The number of aryl methyl sites for hydroxylation is 1. The number of benzene rings is 1. The second-order valence-corrected chi connectivity index (χ2v) is 9.83. The Kier molecular flexibility index (Phi) is 6.38. The average Bonchev–Trinajstić information content (AvgIpc) is 3.58. The van der Waals surface area contributed by atoms with Gasteiger partial charge in [-0.05, 0) is 62.6 Å². The van der Waals surface area contributed by atoms with Gasteiger partial charge >= 0.3 is 0 Å². The van der Waals surface area contributed by atoms with E-state index in [2.05, 4.69) is 27.6 Å². The van der Waals surface area contributed by atoms with Gasteiger partial charge in [0.15, 0.2) is 0 Å². The van der Waals surface area contributed by atoms with Crippen LogP contribution in [0.1, 0.15) is 79.0 Å². The highest BCUT2D eigenvalue weighted by Crippen LogP contribution is 2.40. The second-order valence-electron chi connectivity index (χ2n) is 9.83. The second kappa shape index (κ2) is 9.57.